The van der Waals surface area contributed by atoms with Crippen LogP contribution in [0.4, 0.5) is 0 Å². The molecule has 0 radical (unpaired) electrons. The van der Waals surface area contributed by atoms with Gasteiger partial charge in [0, 0.05) is 56.4 Å². The Balaban J connectivity index is 1.46. The molecule has 5 rings (SSSR count). The van der Waals surface area contributed by atoms with Crippen LogP contribution in [0.1, 0.15) is 33.8 Å². The number of amides is 1. The first-order chi connectivity index (χ1) is 15.6. The zero-order valence-corrected chi connectivity index (χ0v) is 17.9. The first kappa shape index (κ1) is 20.1. The van der Waals surface area contributed by atoms with Crippen LogP contribution in [-0.4, -0.2) is 44.2 Å². The van der Waals surface area contributed by atoms with E-state index in [1.54, 1.807) is 29.4 Å². The molecule has 4 aromatic rings. The number of benzene rings is 2. The molecule has 1 fully saturated rings. The van der Waals surface area contributed by atoms with Gasteiger partial charge in [0.15, 0.2) is 5.82 Å². The van der Waals surface area contributed by atoms with Gasteiger partial charge in [0.25, 0.3) is 5.91 Å². The molecule has 1 atom stereocenters. The van der Waals surface area contributed by atoms with Crippen molar-refractivity contribution in [1.82, 2.24) is 19.4 Å². The van der Waals surface area contributed by atoms with Crippen molar-refractivity contribution in [3.05, 3.63) is 84.7 Å². The van der Waals surface area contributed by atoms with Gasteiger partial charge in [-0.2, -0.15) is 0 Å². The number of carbonyl (C=O) groups is 2. The number of rotatable bonds is 4. The summed E-state index contributed by atoms with van der Waals surface area (Å²) in [5.41, 5.74) is 2.80. The highest BCUT2D eigenvalue weighted by molar-refractivity contribution is 6.11. The van der Waals surface area contributed by atoms with Crippen LogP contribution in [0, 0.1) is 5.92 Å². The zero-order valence-electron chi connectivity index (χ0n) is 17.9. The molecule has 0 saturated carbocycles. The molecule has 0 aliphatic carbocycles. The third-order valence-corrected chi connectivity index (χ3v) is 6.27. The second-order valence-corrected chi connectivity index (χ2v) is 8.26. The molecule has 1 aliphatic heterocycles. The van der Waals surface area contributed by atoms with Gasteiger partial charge in [-0.1, -0.05) is 30.3 Å². The number of imidazole rings is 1. The Labute approximate surface area is 186 Å². The number of aryl methyl sites for hydroxylation is 1. The van der Waals surface area contributed by atoms with Gasteiger partial charge in [-0.15, -0.1) is 0 Å². The molecule has 6 nitrogen and oxygen atoms in total. The average molecular weight is 425 g/mol. The molecule has 3 heterocycles. The third-order valence-electron chi connectivity index (χ3n) is 6.27. The average Bonchev–Trinajstić information content (AvgIpc) is 3.29. The molecule has 2 aromatic carbocycles. The molecule has 1 saturated heterocycles. The number of fused-ring (bicyclic) bond motifs is 1. The molecule has 32 heavy (non-hydrogen) atoms. The minimum absolute atomic E-state index is 0.00731. The maximum atomic E-state index is 13.6. The summed E-state index contributed by atoms with van der Waals surface area (Å²) in [7, 11) is 1.82. The van der Waals surface area contributed by atoms with Crippen LogP contribution < -0.4 is 0 Å². The number of Topliss-reactive ketones (excluding diaryl/α,β-unsaturated/α-hetero) is 1. The topological polar surface area (TPSA) is 68.1 Å². The number of nitrogens with zero attached hydrogens (tertiary/aromatic N) is 4. The number of hydrogen-bond donors (Lipinski definition) is 0. The molecule has 160 valence electrons. The lowest BCUT2D eigenvalue weighted by molar-refractivity contribution is 0.0634. The molecular formula is C26H24N4O2. The van der Waals surface area contributed by atoms with Crippen LogP contribution in [0.5, 0.6) is 0 Å². The summed E-state index contributed by atoms with van der Waals surface area (Å²) in [6.07, 6.45) is 8.53. The summed E-state index contributed by atoms with van der Waals surface area (Å²) in [4.78, 5) is 36.7. The lowest BCUT2D eigenvalue weighted by Gasteiger charge is -2.32. The van der Waals surface area contributed by atoms with Gasteiger partial charge in [0.05, 0.1) is 0 Å². The van der Waals surface area contributed by atoms with E-state index in [4.69, 9.17) is 0 Å². The number of carbonyl (C=O) groups excluding carboxylic acids is 2. The Bertz CT molecular complexity index is 1300. The Kier molecular flexibility index (Phi) is 5.27. The normalized spacial score (nSPS) is 16.3. The van der Waals surface area contributed by atoms with Crippen LogP contribution in [0.2, 0.25) is 0 Å². The summed E-state index contributed by atoms with van der Waals surface area (Å²) in [5, 5.41) is 1.95. The SMILES string of the molecule is Cn1ccnc1C(=O)C1CCCN(C(=O)c2ccc(-c3ccncc3)c3ccccc23)C1. The van der Waals surface area contributed by atoms with E-state index < -0.39 is 0 Å². The largest absolute Gasteiger partial charge is 0.338 e. The highest BCUT2D eigenvalue weighted by Gasteiger charge is 2.31. The molecule has 6 heteroatoms. The number of likely N-dealkylation sites (tertiary alicyclic amines) is 1. The van der Waals surface area contributed by atoms with E-state index in [2.05, 4.69) is 9.97 Å². The van der Waals surface area contributed by atoms with Gasteiger partial charge < -0.3 is 9.47 Å². The van der Waals surface area contributed by atoms with E-state index in [1.165, 1.54) is 0 Å². The summed E-state index contributed by atoms with van der Waals surface area (Å²) in [5.74, 6) is 0.209. The van der Waals surface area contributed by atoms with Crippen molar-refractivity contribution in [2.45, 2.75) is 12.8 Å². The van der Waals surface area contributed by atoms with Gasteiger partial charge in [-0.3, -0.25) is 14.6 Å². The fourth-order valence-electron chi connectivity index (χ4n) is 4.60. The van der Waals surface area contributed by atoms with Crippen molar-refractivity contribution < 1.29 is 9.59 Å². The summed E-state index contributed by atoms with van der Waals surface area (Å²) >= 11 is 0. The van der Waals surface area contributed by atoms with Crippen molar-refractivity contribution in [1.29, 1.82) is 0 Å². The van der Waals surface area contributed by atoms with Crippen LogP contribution >= 0.6 is 0 Å². The van der Waals surface area contributed by atoms with Crippen molar-refractivity contribution >= 4 is 22.5 Å². The molecule has 1 amide bonds. The molecule has 0 N–H and O–H groups in total. The predicted octanol–water partition coefficient (Wildman–Crippen LogP) is 4.37. The monoisotopic (exact) mass is 424 g/mol. The maximum absolute atomic E-state index is 13.6. The quantitative estimate of drug-likeness (QED) is 0.456. The summed E-state index contributed by atoms with van der Waals surface area (Å²) in [6, 6.07) is 15.8. The van der Waals surface area contributed by atoms with Crippen molar-refractivity contribution in [3.63, 3.8) is 0 Å². The first-order valence-corrected chi connectivity index (χ1v) is 10.9. The van der Waals surface area contributed by atoms with Crippen LogP contribution in [0.3, 0.4) is 0 Å². The Morgan fingerprint density at radius 1 is 0.969 bits per heavy atom. The fraction of sp³-hybridized carbons (Fsp3) is 0.231. The standard InChI is InChI=1S/C26H24N4O2/c1-29-16-14-28-25(29)24(31)19-5-4-15-30(17-19)26(32)23-9-8-20(18-10-12-27-13-11-18)21-6-2-3-7-22(21)23/h2-3,6-14,16,19H,4-5,15,17H2,1H3. The number of piperidine rings is 1. The molecule has 2 aromatic heterocycles. The Morgan fingerprint density at radius 3 is 2.50 bits per heavy atom. The molecule has 1 unspecified atom stereocenters. The van der Waals surface area contributed by atoms with E-state index in [9.17, 15) is 9.59 Å². The minimum atomic E-state index is -0.226. The summed E-state index contributed by atoms with van der Waals surface area (Å²) < 4.78 is 1.74. The Morgan fingerprint density at radius 2 is 1.75 bits per heavy atom. The number of aromatic nitrogens is 3. The van der Waals surface area contributed by atoms with Crippen LogP contribution in [0.15, 0.2) is 73.3 Å². The lowest BCUT2D eigenvalue weighted by atomic mass is 9.91. The molecule has 1 aliphatic rings. The smallest absolute Gasteiger partial charge is 0.254 e. The molecule has 0 spiro atoms. The number of pyridine rings is 1. The molecule has 0 bridgehead atoms. The van der Waals surface area contributed by atoms with E-state index >= 15 is 0 Å². The van der Waals surface area contributed by atoms with E-state index in [0.29, 0.717) is 24.5 Å². The van der Waals surface area contributed by atoms with Crippen LogP contribution in [-0.2, 0) is 7.05 Å². The van der Waals surface area contributed by atoms with E-state index in [-0.39, 0.29) is 17.6 Å². The Hall–Kier alpha value is -3.80. The van der Waals surface area contributed by atoms with E-state index in [1.807, 2.05) is 60.5 Å². The zero-order chi connectivity index (χ0) is 22.1. The van der Waals surface area contributed by atoms with Crippen molar-refractivity contribution in [2.24, 2.45) is 13.0 Å². The minimum Gasteiger partial charge on any atom is -0.338 e. The highest BCUT2D eigenvalue weighted by Crippen LogP contribution is 2.32. The highest BCUT2D eigenvalue weighted by atomic mass is 16.2. The van der Waals surface area contributed by atoms with Gasteiger partial charge in [0.2, 0.25) is 5.78 Å². The number of ketones is 1. The van der Waals surface area contributed by atoms with Crippen molar-refractivity contribution in [2.75, 3.05) is 13.1 Å². The van der Waals surface area contributed by atoms with Crippen molar-refractivity contribution in [3.8, 4) is 11.1 Å². The van der Waals surface area contributed by atoms with Gasteiger partial charge in [-0.25, -0.2) is 4.98 Å². The van der Waals surface area contributed by atoms with Crippen LogP contribution in [0.25, 0.3) is 21.9 Å². The third kappa shape index (κ3) is 3.58. The molecular weight excluding hydrogens is 400 g/mol. The number of hydrogen-bond acceptors (Lipinski definition) is 4. The van der Waals surface area contributed by atoms with E-state index in [0.717, 1.165) is 34.7 Å². The second-order valence-electron chi connectivity index (χ2n) is 8.26. The van der Waals surface area contributed by atoms with Gasteiger partial charge in [0.1, 0.15) is 0 Å². The first-order valence-electron chi connectivity index (χ1n) is 10.9. The van der Waals surface area contributed by atoms with Gasteiger partial charge >= 0.3 is 0 Å². The second kappa shape index (κ2) is 8.38. The van der Waals surface area contributed by atoms with Gasteiger partial charge in [-0.05, 0) is 52.9 Å². The predicted molar refractivity (Wildman–Crippen MR) is 123 cm³/mol. The lowest BCUT2D eigenvalue weighted by Crippen LogP contribution is -2.42. The fourth-order valence-corrected chi connectivity index (χ4v) is 4.60. The summed E-state index contributed by atoms with van der Waals surface area (Å²) in [6.45, 7) is 1.08. The maximum Gasteiger partial charge on any atom is 0.254 e.